The SMILES string of the molecule is C=CCn1c(CNC(=O)c2ccc(OC)c(OC)c2)nnc1SCC(=O)Nc1c(Cl)cc(Cl)cc1Cl. The van der Waals surface area contributed by atoms with Crippen molar-refractivity contribution in [2.75, 3.05) is 25.3 Å². The van der Waals surface area contributed by atoms with Crippen molar-refractivity contribution < 1.29 is 19.1 Å². The van der Waals surface area contributed by atoms with Crippen LogP contribution in [0.3, 0.4) is 0 Å². The van der Waals surface area contributed by atoms with E-state index in [4.69, 9.17) is 44.3 Å². The number of carbonyl (C=O) groups is 2. The minimum atomic E-state index is -0.345. The van der Waals surface area contributed by atoms with Crippen LogP contribution in [0.1, 0.15) is 16.2 Å². The lowest BCUT2D eigenvalue weighted by Gasteiger charge is -2.11. The summed E-state index contributed by atoms with van der Waals surface area (Å²) >= 11 is 19.3. The lowest BCUT2D eigenvalue weighted by Crippen LogP contribution is -2.25. The number of amides is 2. The van der Waals surface area contributed by atoms with Crippen LogP contribution in [0.4, 0.5) is 5.69 Å². The van der Waals surface area contributed by atoms with Crippen molar-refractivity contribution in [1.29, 1.82) is 0 Å². The van der Waals surface area contributed by atoms with E-state index in [1.165, 1.54) is 26.4 Å². The summed E-state index contributed by atoms with van der Waals surface area (Å²) in [6, 6.07) is 7.84. The maximum absolute atomic E-state index is 12.7. The van der Waals surface area contributed by atoms with Gasteiger partial charge in [0.05, 0.1) is 42.2 Å². The molecule has 0 aliphatic rings. The highest BCUT2D eigenvalue weighted by molar-refractivity contribution is 7.99. The molecule has 13 heteroatoms. The quantitative estimate of drug-likeness (QED) is 0.244. The van der Waals surface area contributed by atoms with E-state index in [1.807, 2.05) is 0 Å². The van der Waals surface area contributed by atoms with Crippen LogP contribution in [0.2, 0.25) is 15.1 Å². The molecule has 0 radical (unpaired) electrons. The van der Waals surface area contributed by atoms with Crippen LogP contribution in [-0.2, 0) is 17.9 Å². The third-order valence-corrected chi connectivity index (χ3v) is 6.54. The summed E-state index contributed by atoms with van der Waals surface area (Å²) in [5, 5.41) is 15.1. The molecule has 9 nitrogen and oxygen atoms in total. The summed E-state index contributed by atoms with van der Waals surface area (Å²) in [4.78, 5) is 25.1. The second-order valence-electron chi connectivity index (χ2n) is 7.13. The summed E-state index contributed by atoms with van der Waals surface area (Å²) in [7, 11) is 3.01. The number of methoxy groups -OCH3 is 2. The first kappa shape index (κ1) is 27.7. The normalized spacial score (nSPS) is 10.6. The Morgan fingerprint density at radius 1 is 1.08 bits per heavy atom. The Labute approximate surface area is 227 Å². The molecule has 2 N–H and O–H groups in total. The molecule has 0 atom stereocenters. The van der Waals surface area contributed by atoms with E-state index in [2.05, 4.69) is 27.4 Å². The molecule has 1 aromatic heterocycles. The average molecular weight is 571 g/mol. The fraction of sp³-hybridized carbons (Fsp3) is 0.217. The maximum Gasteiger partial charge on any atom is 0.251 e. The summed E-state index contributed by atoms with van der Waals surface area (Å²) in [5.41, 5.74) is 0.674. The molecule has 0 spiro atoms. The van der Waals surface area contributed by atoms with Crippen molar-refractivity contribution in [3.05, 3.63) is 69.4 Å². The first-order valence-electron chi connectivity index (χ1n) is 10.4. The number of rotatable bonds is 11. The summed E-state index contributed by atoms with van der Waals surface area (Å²) in [5.74, 6) is 0.805. The van der Waals surface area contributed by atoms with Crippen LogP contribution in [0.5, 0.6) is 11.5 Å². The van der Waals surface area contributed by atoms with Crippen LogP contribution in [0.25, 0.3) is 0 Å². The number of nitrogens with one attached hydrogen (secondary N) is 2. The lowest BCUT2D eigenvalue weighted by molar-refractivity contribution is -0.113. The van der Waals surface area contributed by atoms with Gasteiger partial charge in [0.1, 0.15) is 0 Å². The molecule has 0 bridgehead atoms. The van der Waals surface area contributed by atoms with E-state index in [9.17, 15) is 9.59 Å². The highest BCUT2D eigenvalue weighted by atomic mass is 35.5. The number of aromatic nitrogens is 3. The van der Waals surface area contributed by atoms with Gasteiger partial charge in [0.25, 0.3) is 5.91 Å². The second kappa shape index (κ2) is 12.9. The molecule has 3 rings (SSSR count). The maximum atomic E-state index is 12.7. The van der Waals surface area contributed by atoms with Gasteiger partial charge in [0.15, 0.2) is 22.5 Å². The molecule has 36 heavy (non-hydrogen) atoms. The number of carbonyl (C=O) groups excluding carboxylic acids is 2. The molecule has 0 unspecified atom stereocenters. The zero-order chi connectivity index (χ0) is 26.2. The van der Waals surface area contributed by atoms with Gasteiger partial charge in [-0.15, -0.1) is 16.8 Å². The molecule has 190 valence electrons. The van der Waals surface area contributed by atoms with Crippen LogP contribution >= 0.6 is 46.6 Å². The molecule has 0 fully saturated rings. The number of hydrogen-bond acceptors (Lipinski definition) is 7. The highest BCUT2D eigenvalue weighted by Gasteiger charge is 2.17. The Morgan fingerprint density at radius 3 is 2.42 bits per heavy atom. The van der Waals surface area contributed by atoms with Crippen molar-refractivity contribution in [3.8, 4) is 11.5 Å². The van der Waals surface area contributed by atoms with Gasteiger partial charge in [-0.1, -0.05) is 52.6 Å². The molecule has 1 heterocycles. The molecule has 0 aliphatic heterocycles. The second-order valence-corrected chi connectivity index (χ2v) is 9.33. The molecule has 0 aliphatic carbocycles. The molecule has 0 saturated heterocycles. The molecule has 2 aromatic carbocycles. The molecular formula is C23H22Cl3N5O4S. The minimum Gasteiger partial charge on any atom is -0.493 e. The first-order valence-corrected chi connectivity index (χ1v) is 12.5. The van der Waals surface area contributed by atoms with Gasteiger partial charge in [-0.2, -0.15) is 0 Å². The van der Waals surface area contributed by atoms with Crippen molar-refractivity contribution in [2.24, 2.45) is 0 Å². The topological polar surface area (TPSA) is 107 Å². The fourth-order valence-electron chi connectivity index (χ4n) is 3.08. The van der Waals surface area contributed by atoms with Crippen molar-refractivity contribution >= 4 is 64.1 Å². The number of thioether (sulfide) groups is 1. The van der Waals surface area contributed by atoms with E-state index in [-0.39, 0.29) is 39.8 Å². The van der Waals surface area contributed by atoms with Crippen molar-refractivity contribution in [2.45, 2.75) is 18.2 Å². The van der Waals surface area contributed by atoms with Gasteiger partial charge in [-0.25, -0.2) is 0 Å². The van der Waals surface area contributed by atoms with Gasteiger partial charge in [0, 0.05) is 17.1 Å². The number of anilines is 1. The standard InChI is InChI=1S/C23H22Cl3N5O4S/c1-4-7-31-19(11-27-22(33)13-5-6-17(34-2)18(8-13)35-3)29-30-23(31)36-12-20(32)28-21-15(25)9-14(24)10-16(21)26/h4-6,8-10H,1,7,11-12H2,2-3H3,(H,27,33)(H,28,32). The predicted molar refractivity (Wildman–Crippen MR) is 142 cm³/mol. The smallest absolute Gasteiger partial charge is 0.251 e. The van der Waals surface area contributed by atoms with Gasteiger partial charge in [-0.05, 0) is 30.3 Å². The zero-order valence-electron chi connectivity index (χ0n) is 19.3. The number of allylic oxidation sites excluding steroid dienone is 1. The van der Waals surface area contributed by atoms with Gasteiger partial charge >= 0.3 is 0 Å². The first-order chi connectivity index (χ1) is 17.3. The number of halogens is 3. The monoisotopic (exact) mass is 569 g/mol. The van der Waals surface area contributed by atoms with Crippen molar-refractivity contribution in [1.82, 2.24) is 20.1 Å². The van der Waals surface area contributed by atoms with E-state index in [0.717, 1.165) is 11.8 Å². The highest BCUT2D eigenvalue weighted by Crippen LogP contribution is 2.34. The Morgan fingerprint density at radius 2 is 1.78 bits per heavy atom. The third-order valence-electron chi connectivity index (χ3n) is 4.76. The van der Waals surface area contributed by atoms with E-state index in [0.29, 0.717) is 39.6 Å². The van der Waals surface area contributed by atoms with Crippen LogP contribution in [0.15, 0.2) is 48.1 Å². The Kier molecular flexibility index (Phi) is 9.89. The fourth-order valence-corrected chi connectivity index (χ4v) is 4.75. The Balaban J connectivity index is 1.65. The third kappa shape index (κ3) is 6.85. The van der Waals surface area contributed by atoms with Gasteiger partial charge in [0.2, 0.25) is 5.91 Å². The Hall–Kier alpha value is -2.92. The Bertz CT molecular complexity index is 1260. The number of ether oxygens (including phenoxy) is 2. The number of benzene rings is 2. The minimum absolute atomic E-state index is 0.0164. The van der Waals surface area contributed by atoms with Crippen LogP contribution in [0, 0.1) is 0 Å². The molecule has 0 saturated carbocycles. The average Bonchev–Trinajstić information content (AvgIpc) is 3.24. The van der Waals surface area contributed by atoms with Gasteiger partial charge in [-0.3, -0.25) is 9.59 Å². The summed E-state index contributed by atoms with van der Waals surface area (Å²) < 4.78 is 12.2. The largest absolute Gasteiger partial charge is 0.493 e. The number of hydrogen-bond donors (Lipinski definition) is 2. The van der Waals surface area contributed by atoms with Crippen molar-refractivity contribution in [3.63, 3.8) is 0 Å². The van der Waals surface area contributed by atoms with Crippen LogP contribution < -0.4 is 20.1 Å². The predicted octanol–water partition coefficient (Wildman–Crippen LogP) is 5.10. The van der Waals surface area contributed by atoms with E-state index in [1.54, 1.807) is 28.8 Å². The summed E-state index contributed by atoms with van der Waals surface area (Å²) in [6.07, 6.45) is 1.67. The van der Waals surface area contributed by atoms with E-state index < -0.39 is 0 Å². The summed E-state index contributed by atoms with van der Waals surface area (Å²) in [6.45, 7) is 4.25. The number of nitrogens with zero attached hydrogens (tertiary/aromatic N) is 3. The molecule has 3 aromatic rings. The van der Waals surface area contributed by atoms with Crippen LogP contribution in [-0.4, -0.2) is 46.6 Å². The zero-order valence-corrected chi connectivity index (χ0v) is 22.4. The molecular weight excluding hydrogens is 549 g/mol. The van der Waals surface area contributed by atoms with Gasteiger partial charge < -0.3 is 24.7 Å². The molecule has 2 amide bonds. The lowest BCUT2D eigenvalue weighted by atomic mass is 10.2. The van der Waals surface area contributed by atoms with E-state index >= 15 is 0 Å².